The summed E-state index contributed by atoms with van der Waals surface area (Å²) in [5.41, 5.74) is 6.05. The fourth-order valence-corrected chi connectivity index (χ4v) is 2.86. The summed E-state index contributed by atoms with van der Waals surface area (Å²) in [5, 5.41) is 0. The topological polar surface area (TPSA) is 29.3 Å². The van der Waals surface area contributed by atoms with Gasteiger partial charge in [-0.3, -0.25) is 0 Å². The van der Waals surface area contributed by atoms with Gasteiger partial charge in [0.15, 0.2) is 0 Å². The highest BCUT2D eigenvalue weighted by atomic mass is 15.1. The lowest BCUT2D eigenvalue weighted by Gasteiger charge is -2.38. The van der Waals surface area contributed by atoms with Gasteiger partial charge in [0.25, 0.3) is 0 Å². The van der Waals surface area contributed by atoms with Crippen LogP contribution in [0.3, 0.4) is 0 Å². The SMILES string of the molecule is CC(C1CCCCC1)N(C)CC(C)(C)CN. The molecule has 0 aromatic carbocycles. The minimum Gasteiger partial charge on any atom is -0.330 e. The summed E-state index contributed by atoms with van der Waals surface area (Å²) in [7, 11) is 2.26. The maximum Gasteiger partial charge on any atom is 0.00923 e. The van der Waals surface area contributed by atoms with Gasteiger partial charge in [-0.15, -0.1) is 0 Å². The van der Waals surface area contributed by atoms with Crippen LogP contribution >= 0.6 is 0 Å². The van der Waals surface area contributed by atoms with Gasteiger partial charge in [0.2, 0.25) is 0 Å². The minimum atomic E-state index is 0.248. The van der Waals surface area contributed by atoms with E-state index in [0.717, 1.165) is 19.0 Å². The van der Waals surface area contributed by atoms with Crippen molar-refractivity contribution < 1.29 is 0 Å². The van der Waals surface area contributed by atoms with Crippen molar-refractivity contribution in [3.8, 4) is 0 Å². The summed E-state index contributed by atoms with van der Waals surface area (Å²) < 4.78 is 0. The normalized spacial score (nSPS) is 21.4. The summed E-state index contributed by atoms with van der Waals surface area (Å²) in [6.07, 6.45) is 7.16. The number of nitrogens with two attached hydrogens (primary N) is 1. The maximum atomic E-state index is 5.81. The Balaban J connectivity index is 2.42. The average molecular weight is 226 g/mol. The van der Waals surface area contributed by atoms with E-state index in [1.807, 2.05) is 0 Å². The van der Waals surface area contributed by atoms with E-state index in [4.69, 9.17) is 5.73 Å². The van der Waals surface area contributed by atoms with Crippen LogP contribution in [0.5, 0.6) is 0 Å². The predicted molar refractivity (Wildman–Crippen MR) is 71.5 cm³/mol. The molecule has 2 heteroatoms. The number of nitrogens with zero attached hydrogens (tertiary/aromatic N) is 1. The largest absolute Gasteiger partial charge is 0.330 e. The molecule has 1 rings (SSSR count). The van der Waals surface area contributed by atoms with Crippen LogP contribution in [-0.4, -0.2) is 31.1 Å². The molecule has 0 amide bonds. The van der Waals surface area contributed by atoms with Crippen molar-refractivity contribution in [2.45, 2.75) is 58.9 Å². The molecule has 1 atom stereocenters. The summed E-state index contributed by atoms with van der Waals surface area (Å²) in [6, 6.07) is 0.714. The van der Waals surface area contributed by atoms with Gasteiger partial charge >= 0.3 is 0 Å². The van der Waals surface area contributed by atoms with E-state index >= 15 is 0 Å². The Kier molecular flexibility index (Phi) is 5.26. The molecule has 1 aliphatic rings. The van der Waals surface area contributed by atoms with E-state index in [0.29, 0.717) is 6.04 Å². The molecule has 96 valence electrons. The third kappa shape index (κ3) is 4.06. The summed E-state index contributed by atoms with van der Waals surface area (Å²) in [5.74, 6) is 0.910. The Labute approximate surface area is 102 Å². The van der Waals surface area contributed by atoms with E-state index in [-0.39, 0.29) is 5.41 Å². The first-order chi connectivity index (χ1) is 7.46. The average Bonchev–Trinajstić information content (AvgIpc) is 2.28. The van der Waals surface area contributed by atoms with Crippen molar-refractivity contribution in [3.63, 3.8) is 0 Å². The van der Waals surface area contributed by atoms with Gasteiger partial charge in [0.05, 0.1) is 0 Å². The van der Waals surface area contributed by atoms with Crippen molar-refractivity contribution in [2.24, 2.45) is 17.1 Å². The zero-order valence-corrected chi connectivity index (χ0v) is 11.6. The molecule has 0 heterocycles. The molecule has 2 nitrogen and oxygen atoms in total. The number of hydrogen-bond acceptors (Lipinski definition) is 2. The highest BCUT2D eigenvalue weighted by molar-refractivity contribution is 4.81. The highest BCUT2D eigenvalue weighted by Gasteiger charge is 2.26. The molecule has 0 aliphatic heterocycles. The van der Waals surface area contributed by atoms with Gasteiger partial charge in [-0.2, -0.15) is 0 Å². The van der Waals surface area contributed by atoms with Crippen LogP contribution in [0.2, 0.25) is 0 Å². The Morgan fingerprint density at radius 2 is 1.81 bits per heavy atom. The van der Waals surface area contributed by atoms with Crippen molar-refractivity contribution in [1.82, 2.24) is 4.90 Å². The van der Waals surface area contributed by atoms with Crippen LogP contribution in [-0.2, 0) is 0 Å². The first-order valence-corrected chi connectivity index (χ1v) is 6.86. The second-order valence-electron chi connectivity index (χ2n) is 6.42. The van der Waals surface area contributed by atoms with E-state index in [1.165, 1.54) is 32.1 Å². The zero-order chi connectivity index (χ0) is 12.2. The maximum absolute atomic E-state index is 5.81. The van der Waals surface area contributed by atoms with Crippen molar-refractivity contribution in [2.75, 3.05) is 20.1 Å². The Bertz CT molecular complexity index is 195. The van der Waals surface area contributed by atoms with Crippen LogP contribution < -0.4 is 5.73 Å². The predicted octanol–water partition coefficient (Wildman–Crippen LogP) is 2.87. The monoisotopic (exact) mass is 226 g/mol. The lowest BCUT2D eigenvalue weighted by atomic mass is 9.83. The lowest BCUT2D eigenvalue weighted by molar-refractivity contribution is 0.115. The third-order valence-electron chi connectivity index (χ3n) is 4.26. The Morgan fingerprint density at radius 1 is 1.25 bits per heavy atom. The van der Waals surface area contributed by atoms with Crippen LogP contribution in [0.4, 0.5) is 0 Å². The molecule has 1 fully saturated rings. The summed E-state index contributed by atoms with van der Waals surface area (Å²) >= 11 is 0. The fourth-order valence-electron chi connectivity index (χ4n) is 2.86. The molecule has 0 radical (unpaired) electrons. The Hall–Kier alpha value is -0.0800. The van der Waals surface area contributed by atoms with Crippen molar-refractivity contribution in [3.05, 3.63) is 0 Å². The lowest BCUT2D eigenvalue weighted by Crippen LogP contribution is -2.44. The fraction of sp³-hybridized carbons (Fsp3) is 1.00. The van der Waals surface area contributed by atoms with Crippen LogP contribution in [0, 0.1) is 11.3 Å². The number of rotatable bonds is 5. The van der Waals surface area contributed by atoms with E-state index in [2.05, 4.69) is 32.7 Å². The second-order valence-corrected chi connectivity index (χ2v) is 6.42. The molecular formula is C14H30N2. The van der Waals surface area contributed by atoms with Gasteiger partial charge in [-0.25, -0.2) is 0 Å². The Morgan fingerprint density at radius 3 is 2.31 bits per heavy atom. The van der Waals surface area contributed by atoms with E-state index in [1.54, 1.807) is 0 Å². The molecule has 16 heavy (non-hydrogen) atoms. The molecule has 1 aliphatic carbocycles. The summed E-state index contributed by atoms with van der Waals surface area (Å²) in [4.78, 5) is 2.52. The van der Waals surface area contributed by atoms with Gasteiger partial charge in [0.1, 0.15) is 0 Å². The standard InChI is InChI=1S/C14H30N2/c1-12(13-8-6-5-7-9-13)16(4)11-14(2,3)10-15/h12-13H,5-11,15H2,1-4H3. The minimum absolute atomic E-state index is 0.248. The molecule has 0 aromatic heterocycles. The third-order valence-corrected chi connectivity index (χ3v) is 4.26. The van der Waals surface area contributed by atoms with Crippen molar-refractivity contribution in [1.29, 1.82) is 0 Å². The highest BCUT2D eigenvalue weighted by Crippen LogP contribution is 2.29. The van der Waals surface area contributed by atoms with E-state index in [9.17, 15) is 0 Å². The zero-order valence-electron chi connectivity index (χ0n) is 11.6. The first kappa shape index (κ1) is 14.0. The first-order valence-electron chi connectivity index (χ1n) is 6.86. The molecule has 1 saturated carbocycles. The molecule has 2 N–H and O–H groups in total. The van der Waals surface area contributed by atoms with Crippen LogP contribution in [0.15, 0.2) is 0 Å². The van der Waals surface area contributed by atoms with E-state index < -0.39 is 0 Å². The van der Waals surface area contributed by atoms with Gasteiger partial charge in [-0.1, -0.05) is 33.1 Å². The van der Waals surface area contributed by atoms with Gasteiger partial charge in [0, 0.05) is 12.6 Å². The molecule has 0 bridgehead atoms. The van der Waals surface area contributed by atoms with Crippen molar-refractivity contribution >= 4 is 0 Å². The molecule has 0 spiro atoms. The second kappa shape index (κ2) is 6.02. The molecular weight excluding hydrogens is 196 g/mol. The van der Waals surface area contributed by atoms with Gasteiger partial charge in [-0.05, 0) is 44.7 Å². The number of hydrogen-bond donors (Lipinski definition) is 1. The smallest absolute Gasteiger partial charge is 0.00923 e. The van der Waals surface area contributed by atoms with Gasteiger partial charge < -0.3 is 10.6 Å². The summed E-state index contributed by atoms with van der Waals surface area (Å²) in [6.45, 7) is 8.80. The molecule has 0 aromatic rings. The molecule has 0 saturated heterocycles. The van der Waals surface area contributed by atoms with Crippen LogP contribution in [0.25, 0.3) is 0 Å². The molecule has 1 unspecified atom stereocenters. The van der Waals surface area contributed by atoms with Crippen LogP contribution in [0.1, 0.15) is 52.9 Å². The quantitative estimate of drug-likeness (QED) is 0.781.